The summed E-state index contributed by atoms with van der Waals surface area (Å²) in [5, 5.41) is 3.27. The first-order chi connectivity index (χ1) is 10.4. The van der Waals surface area contributed by atoms with Gasteiger partial charge in [-0.3, -0.25) is 19.5 Å². The van der Waals surface area contributed by atoms with Crippen molar-refractivity contribution in [1.82, 2.24) is 14.7 Å². The Hall–Kier alpha value is -2.37. The highest BCUT2D eigenvalue weighted by Crippen LogP contribution is 2.03. The lowest BCUT2D eigenvalue weighted by Crippen LogP contribution is -2.34. The Morgan fingerprint density at radius 3 is 2.50 bits per heavy atom. The molecule has 0 atom stereocenters. The summed E-state index contributed by atoms with van der Waals surface area (Å²) in [6.07, 6.45) is 0.178. The summed E-state index contributed by atoms with van der Waals surface area (Å²) in [4.78, 5) is 38.0. The molecule has 0 saturated heterocycles. The zero-order valence-electron chi connectivity index (χ0n) is 13.1. The van der Waals surface area contributed by atoms with Crippen molar-refractivity contribution < 1.29 is 4.79 Å². The van der Waals surface area contributed by atoms with Gasteiger partial charge in [0.25, 0.3) is 11.1 Å². The predicted octanol–water partition coefficient (Wildman–Crippen LogP) is 1.19. The van der Waals surface area contributed by atoms with Crippen molar-refractivity contribution >= 4 is 16.7 Å². The van der Waals surface area contributed by atoms with E-state index in [-0.39, 0.29) is 30.0 Å². The lowest BCUT2D eigenvalue weighted by Gasteiger charge is -2.19. The maximum atomic E-state index is 12.3. The van der Waals surface area contributed by atoms with E-state index in [2.05, 4.69) is 5.10 Å². The van der Waals surface area contributed by atoms with Gasteiger partial charge in [0, 0.05) is 20.0 Å². The van der Waals surface area contributed by atoms with Crippen LogP contribution >= 0.6 is 0 Å². The number of aryl methyl sites for hydroxylation is 1. The number of nitrogens with zero attached hydrogens (tertiary/aromatic N) is 2. The molecule has 1 aromatic carbocycles. The van der Waals surface area contributed by atoms with Gasteiger partial charge in [0.2, 0.25) is 5.91 Å². The molecule has 1 amide bonds. The molecule has 6 nitrogen and oxygen atoms in total. The molecule has 1 N–H and O–H groups in total. The number of nitrogens with one attached hydrogen (secondary N) is 1. The zero-order chi connectivity index (χ0) is 16.3. The Labute approximate surface area is 128 Å². The molecule has 6 heteroatoms. The first-order valence-corrected chi connectivity index (χ1v) is 7.36. The summed E-state index contributed by atoms with van der Waals surface area (Å²) in [7, 11) is 1.74. The van der Waals surface area contributed by atoms with Crippen LogP contribution in [-0.4, -0.2) is 34.2 Å². The minimum atomic E-state index is -0.321. The van der Waals surface area contributed by atoms with E-state index in [9.17, 15) is 14.4 Å². The summed E-state index contributed by atoms with van der Waals surface area (Å²) >= 11 is 0. The second-order valence-electron chi connectivity index (χ2n) is 5.86. The lowest BCUT2D eigenvalue weighted by atomic mass is 10.2. The van der Waals surface area contributed by atoms with Crippen LogP contribution in [0.3, 0.4) is 0 Å². The van der Waals surface area contributed by atoms with Crippen molar-refractivity contribution in [2.24, 2.45) is 5.92 Å². The summed E-state index contributed by atoms with van der Waals surface area (Å²) in [5.74, 6) is 0.340. The first-order valence-electron chi connectivity index (χ1n) is 7.36. The molecule has 0 saturated carbocycles. The van der Waals surface area contributed by atoms with Crippen molar-refractivity contribution in [3.05, 3.63) is 45.0 Å². The first kappa shape index (κ1) is 16.0. The number of hydrogen-bond acceptors (Lipinski definition) is 3. The van der Waals surface area contributed by atoms with Gasteiger partial charge in [0.05, 0.1) is 17.3 Å². The normalized spacial score (nSPS) is 11.1. The highest BCUT2D eigenvalue weighted by atomic mass is 16.2. The van der Waals surface area contributed by atoms with E-state index in [1.807, 2.05) is 13.8 Å². The van der Waals surface area contributed by atoms with Crippen LogP contribution < -0.4 is 11.1 Å². The van der Waals surface area contributed by atoms with Crippen LogP contribution in [0.4, 0.5) is 0 Å². The van der Waals surface area contributed by atoms with E-state index in [4.69, 9.17) is 0 Å². The Morgan fingerprint density at radius 2 is 1.86 bits per heavy atom. The van der Waals surface area contributed by atoms with E-state index >= 15 is 0 Å². The second kappa shape index (κ2) is 6.60. The van der Waals surface area contributed by atoms with E-state index in [0.29, 0.717) is 23.2 Å². The fourth-order valence-electron chi connectivity index (χ4n) is 2.45. The van der Waals surface area contributed by atoms with Gasteiger partial charge in [0.1, 0.15) is 0 Å². The van der Waals surface area contributed by atoms with Gasteiger partial charge in [-0.1, -0.05) is 26.0 Å². The molecular weight excluding hydrogens is 282 g/mol. The standard InChI is InChI=1S/C16H21N3O3/c1-11(2)10-18(3)14(20)8-9-19-16(22)13-7-5-4-6-12(13)15(21)17-19/h4-7,11H,8-10H2,1-3H3,(H,17,21). The monoisotopic (exact) mass is 303 g/mol. The van der Waals surface area contributed by atoms with Crippen LogP contribution in [0.25, 0.3) is 10.8 Å². The molecule has 0 bridgehead atoms. The second-order valence-corrected chi connectivity index (χ2v) is 5.86. The number of aromatic amines is 1. The molecule has 1 heterocycles. The third-order valence-electron chi connectivity index (χ3n) is 3.50. The van der Waals surface area contributed by atoms with E-state index in [1.54, 1.807) is 36.2 Å². The molecule has 0 unspecified atom stereocenters. The van der Waals surface area contributed by atoms with E-state index in [0.717, 1.165) is 0 Å². The molecule has 0 spiro atoms. The number of rotatable bonds is 5. The van der Waals surface area contributed by atoms with Crippen molar-refractivity contribution in [2.45, 2.75) is 26.8 Å². The summed E-state index contributed by atoms with van der Waals surface area (Å²) in [6.45, 7) is 4.91. The van der Waals surface area contributed by atoms with Crippen LogP contribution in [0.15, 0.2) is 33.9 Å². The molecule has 1 aromatic heterocycles. The van der Waals surface area contributed by atoms with Crippen LogP contribution in [-0.2, 0) is 11.3 Å². The molecule has 0 aliphatic carbocycles. The molecule has 118 valence electrons. The number of fused-ring (bicyclic) bond motifs is 1. The minimum absolute atomic E-state index is 0.0467. The number of carbonyl (C=O) groups is 1. The number of carbonyl (C=O) groups excluding carboxylic acids is 1. The molecule has 0 aliphatic rings. The number of amides is 1. The maximum Gasteiger partial charge on any atom is 0.273 e. The van der Waals surface area contributed by atoms with Crippen LogP contribution in [0.5, 0.6) is 0 Å². The average Bonchev–Trinajstić information content (AvgIpc) is 2.48. The number of benzene rings is 1. The third kappa shape index (κ3) is 3.44. The molecule has 2 aromatic rings. The molecule has 0 aliphatic heterocycles. The Balaban J connectivity index is 2.19. The van der Waals surface area contributed by atoms with E-state index in [1.165, 1.54) is 4.68 Å². The Bertz CT molecular complexity index is 789. The molecular formula is C16H21N3O3. The Morgan fingerprint density at radius 1 is 1.23 bits per heavy atom. The topological polar surface area (TPSA) is 75.2 Å². The van der Waals surface area contributed by atoms with Gasteiger partial charge in [0.15, 0.2) is 0 Å². The SMILES string of the molecule is CC(C)CN(C)C(=O)CCn1[nH]c(=O)c2ccccc2c1=O. The zero-order valence-corrected chi connectivity index (χ0v) is 13.1. The number of H-pyrrole nitrogens is 1. The van der Waals surface area contributed by atoms with Gasteiger partial charge in [-0.2, -0.15) is 0 Å². The summed E-state index contributed by atoms with van der Waals surface area (Å²) < 4.78 is 1.21. The van der Waals surface area contributed by atoms with Gasteiger partial charge >= 0.3 is 0 Å². The van der Waals surface area contributed by atoms with Crippen molar-refractivity contribution in [3.8, 4) is 0 Å². The van der Waals surface area contributed by atoms with Crippen LogP contribution in [0.2, 0.25) is 0 Å². The fourth-order valence-corrected chi connectivity index (χ4v) is 2.45. The molecule has 0 radical (unpaired) electrons. The average molecular weight is 303 g/mol. The van der Waals surface area contributed by atoms with Gasteiger partial charge in [-0.15, -0.1) is 0 Å². The lowest BCUT2D eigenvalue weighted by molar-refractivity contribution is -0.130. The quantitative estimate of drug-likeness (QED) is 0.901. The Kier molecular flexibility index (Phi) is 4.80. The van der Waals surface area contributed by atoms with Gasteiger partial charge in [-0.25, -0.2) is 4.68 Å². The molecule has 0 fully saturated rings. The highest BCUT2D eigenvalue weighted by molar-refractivity contribution is 5.80. The van der Waals surface area contributed by atoms with Crippen LogP contribution in [0.1, 0.15) is 20.3 Å². The van der Waals surface area contributed by atoms with Crippen LogP contribution in [0, 0.1) is 5.92 Å². The minimum Gasteiger partial charge on any atom is -0.345 e. The third-order valence-corrected chi connectivity index (χ3v) is 3.50. The van der Waals surface area contributed by atoms with Crippen molar-refractivity contribution in [2.75, 3.05) is 13.6 Å². The van der Waals surface area contributed by atoms with E-state index < -0.39 is 0 Å². The smallest absolute Gasteiger partial charge is 0.273 e. The number of hydrogen-bond donors (Lipinski definition) is 1. The number of aromatic nitrogens is 2. The molecule has 2 rings (SSSR count). The maximum absolute atomic E-state index is 12.3. The molecule has 22 heavy (non-hydrogen) atoms. The van der Waals surface area contributed by atoms with Gasteiger partial charge < -0.3 is 4.90 Å². The van der Waals surface area contributed by atoms with Gasteiger partial charge in [-0.05, 0) is 18.1 Å². The van der Waals surface area contributed by atoms with Crippen molar-refractivity contribution in [3.63, 3.8) is 0 Å². The summed E-state index contributed by atoms with van der Waals surface area (Å²) in [5.41, 5.74) is -0.604. The largest absolute Gasteiger partial charge is 0.345 e. The fraction of sp³-hybridized carbons (Fsp3) is 0.438. The van der Waals surface area contributed by atoms with Crippen molar-refractivity contribution in [1.29, 1.82) is 0 Å². The summed E-state index contributed by atoms with van der Waals surface area (Å²) in [6, 6.07) is 6.67. The predicted molar refractivity (Wildman–Crippen MR) is 85.9 cm³/mol. The highest BCUT2D eigenvalue weighted by Gasteiger charge is 2.12.